The largest absolute Gasteiger partial charge is 0.344 e. The smallest absolute Gasteiger partial charge is 0.228 e. The lowest BCUT2D eigenvalue weighted by Gasteiger charge is -2.29. The number of hydrogen-bond acceptors (Lipinski definition) is 4. The zero-order valence-corrected chi connectivity index (χ0v) is 19.2. The number of para-hydroxylation sites is 1. The third-order valence-electron chi connectivity index (χ3n) is 7.11. The molecular weight excluding hydrogens is 398 g/mol. The van der Waals surface area contributed by atoms with Crippen molar-refractivity contribution in [2.75, 3.05) is 18.5 Å². The van der Waals surface area contributed by atoms with E-state index in [1.807, 2.05) is 18.9 Å². The highest BCUT2D eigenvalue weighted by atomic mass is 16.2. The number of carbonyl (C=O) groups excluding carboxylic acids is 1. The summed E-state index contributed by atoms with van der Waals surface area (Å²) in [7, 11) is 1.89. The number of nitrogens with one attached hydrogen (secondary N) is 1. The Morgan fingerprint density at radius 3 is 2.72 bits per heavy atom. The highest BCUT2D eigenvalue weighted by Crippen LogP contribution is 2.34. The summed E-state index contributed by atoms with van der Waals surface area (Å²) in [5.41, 5.74) is 4.77. The van der Waals surface area contributed by atoms with E-state index in [2.05, 4.69) is 45.3 Å². The molecule has 1 saturated carbocycles. The molecule has 6 nitrogen and oxygen atoms in total. The first-order valence-electron chi connectivity index (χ1n) is 12.1. The first-order chi connectivity index (χ1) is 15.7. The van der Waals surface area contributed by atoms with Gasteiger partial charge in [0.25, 0.3) is 0 Å². The van der Waals surface area contributed by atoms with Crippen molar-refractivity contribution >= 4 is 22.6 Å². The van der Waals surface area contributed by atoms with Crippen LogP contribution in [0, 0.1) is 6.92 Å². The topological polar surface area (TPSA) is 63.1 Å². The minimum Gasteiger partial charge on any atom is -0.344 e. The van der Waals surface area contributed by atoms with Gasteiger partial charge in [-0.05, 0) is 51.3 Å². The maximum atomic E-state index is 12.9. The number of nitrogens with zero attached hydrogens (tertiary/aromatic N) is 4. The molecule has 0 saturated heterocycles. The molecule has 6 heteroatoms. The van der Waals surface area contributed by atoms with Gasteiger partial charge in [-0.2, -0.15) is 0 Å². The Morgan fingerprint density at radius 2 is 1.91 bits per heavy atom. The third-order valence-corrected chi connectivity index (χ3v) is 7.11. The number of aromatic nitrogens is 3. The summed E-state index contributed by atoms with van der Waals surface area (Å²) in [6.45, 7) is 3.29. The fourth-order valence-corrected chi connectivity index (χ4v) is 5.48. The van der Waals surface area contributed by atoms with Crippen LogP contribution in [0.1, 0.15) is 67.2 Å². The van der Waals surface area contributed by atoms with Crippen molar-refractivity contribution in [1.29, 1.82) is 0 Å². The fourth-order valence-electron chi connectivity index (χ4n) is 5.48. The van der Waals surface area contributed by atoms with E-state index in [0.717, 1.165) is 35.7 Å². The molecule has 1 aliphatic carbocycles. The minimum atomic E-state index is 0.169. The van der Waals surface area contributed by atoms with Gasteiger partial charge in [0.1, 0.15) is 11.6 Å². The van der Waals surface area contributed by atoms with E-state index in [4.69, 9.17) is 4.98 Å². The van der Waals surface area contributed by atoms with E-state index >= 15 is 0 Å². The standard InChI is InChI=1S/C26H33N5O/c1-18-21-12-13-25(32)30(26(21)29-24(28-18)16-27-2)15-14-19-17-31(20-8-4-3-5-9-20)23-11-7-6-10-22(19)23/h6-7,10-11,17,20,27H,3-5,8-9,12-16H2,1-2H3. The van der Waals surface area contributed by atoms with Crippen LogP contribution < -0.4 is 10.2 Å². The van der Waals surface area contributed by atoms with Gasteiger partial charge >= 0.3 is 0 Å². The van der Waals surface area contributed by atoms with E-state index in [1.165, 1.54) is 48.6 Å². The molecule has 3 aromatic rings. The number of aryl methyl sites for hydroxylation is 1. The lowest BCUT2D eigenvalue weighted by molar-refractivity contribution is -0.118. The first kappa shape index (κ1) is 21.1. The predicted molar refractivity (Wildman–Crippen MR) is 128 cm³/mol. The first-order valence-corrected chi connectivity index (χ1v) is 12.1. The summed E-state index contributed by atoms with van der Waals surface area (Å²) in [6.07, 6.45) is 11.0. The highest BCUT2D eigenvalue weighted by Gasteiger charge is 2.28. The van der Waals surface area contributed by atoms with E-state index in [0.29, 0.717) is 25.6 Å². The summed E-state index contributed by atoms with van der Waals surface area (Å²) in [5, 5.41) is 4.44. The van der Waals surface area contributed by atoms with Crippen molar-refractivity contribution in [1.82, 2.24) is 19.9 Å². The molecule has 5 rings (SSSR count). The summed E-state index contributed by atoms with van der Waals surface area (Å²) in [5.74, 6) is 1.73. The molecule has 2 aliphatic rings. The second-order valence-electron chi connectivity index (χ2n) is 9.22. The number of carbonyl (C=O) groups is 1. The molecule has 32 heavy (non-hydrogen) atoms. The van der Waals surface area contributed by atoms with E-state index in [-0.39, 0.29) is 5.91 Å². The molecule has 1 amide bonds. The maximum Gasteiger partial charge on any atom is 0.228 e. The predicted octanol–water partition coefficient (Wildman–Crippen LogP) is 4.49. The van der Waals surface area contributed by atoms with Crippen molar-refractivity contribution in [3.8, 4) is 0 Å². The van der Waals surface area contributed by atoms with Crippen LogP contribution in [-0.2, 0) is 24.2 Å². The Bertz CT molecular complexity index is 1130. The highest BCUT2D eigenvalue weighted by molar-refractivity contribution is 5.95. The Kier molecular flexibility index (Phi) is 5.96. The second kappa shape index (κ2) is 9.02. The molecule has 3 heterocycles. The molecule has 0 radical (unpaired) electrons. The van der Waals surface area contributed by atoms with Gasteiger partial charge in [-0.15, -0.1) is 0 Å². The van der Waals surface area contributed by atoms with Gasteiger partial charge in [0.15, 0.2) is 0 Å². The maximum absolute atomic E-state index is 12.9. The summed E-state index contributed by atoms with van der Waals surface area (Å²) >= 11 is 0. The van der Waals surface area contributed by atoms with Crippen molar-refractivity contribution in [2.45, 2.75) is 70.9 Å². The molecule has 0 spiro atoms. The number of fused-ring (bicyclic) bond motifs is 2. The van der Waals surface area contributed by atoms with Gasteiger partial charge in [0.05, 0.1) is 6.54 Å². The average Bonchev–Trinajstić information content (AvgIpc) is 3.18. The van der Waals surface area contributed by atoms with Crippen LogP contribution in [-0.4, -0.2) is 34.0 Å². The molecule has 1 aromatic carbocycles. The molecule has 0 unspecified atom stereocenters. The van der Waals surface area contributed by atoms with Gasteiger partial charge in [-0.3, -0.25) is 9.69 Å². The molecule has 2 aromatic heterocycles. The molecule has 0 bridgehead atoms. The Hall–Kier alpha value is -2.73. The quantitative estimate of drug-likeness (QED) is 0.625. The van der Waals surface area contributed by atoms with Crippen molar-refractivity contribution in [3.63, 3.8) is 0 Å². The SMILES string of the molecule is CNCc1nc(C)c2c(n1)N(CCc1cn(C3CCCCC3)c3ccccc13)C(=O)CC2. The van der Waals surface area contributed by atoms with Gasteiger partial charge < -0.3 is 9.88 Å². The molecule has 1 fully saturated rings. The lowest BCUT2D eigenvalue weighted by Crippen LogP contribution is -2.38. The van der Waals surface area contributed by atoms with Crippen LogP contribution in [0.15, 0.2) is 30.5 Å². The number of benzene rings is 1. The van der Waals surface area contributed by atoms with Gasteiger partial charge in [-0.1, -0.05) is 37.5 Å². The van der Waals surface area contributed by atoms with E-state index in [1.54, 1.807) is 0 Å². The molecule has 1 N–H and O–H groups in total. The minimum absolute atomic E-state index is 0.169. The molecule has 0 atom stereocenters. The Balaban J connectivity index is 1.44. The van der Waals surface area contributed by atoms with Crippen LogP contribution in [0.5, 0.6) is 0 Å². The second-order valence-corrected chi connectivity index (χ2v) is 9.22. The van der Waals surface area contributed by atoms with Crippen LogP contribution in [0.2, 0.25) is 0 Å². The lowest BCUT2D eigenvalue weighted by atomic mass is 9.95. The van der Waals surface area contributed by atoms with Gasteiger partial charge in [-0.25, -0.2) is 9.97 Å². The van der Waals surface area contributed by atoms with Crippen molar-refractivity contribution in [3.05, 3.63) is 53.1 Å². The third kappa shape index (κ3) is 3.92. The van der Waals surface area contributed by atoms with Crippen LogP contribution in [0.4, 0.5) is 5.82 Å². The average molecular weight is 432 g/mol. The van der Waals surface area contributed by atoms with Crippen LogP contribution >= 0.6 is 0 Å². The monoisotopic (exact) mass is 431 g/mol. The summed E-state index contributed by atoms with van der Waals surface area (Å²) < 4.78 is 2.51. The number of amides is 1. The van der Waals surface area contributed by atoms with E-state index in [9.17, 15) is 4.79 Å². The van der Waals surface area contributed by atoms with Gasteiger partial charge in [0.2, 0.25) is 5.91 Å². The number of hydrogen-bond donors (Lipinski definition) is 1. The van der Waals surface area contributed by atoms with Crippen molar-refractivity contribution < 1.29 is 4.79 Å². The number of rotatable bonds is 6. The summed E-state index contributed by atoms with van der Waals surface area (Å²) in [4.78, 5) is 24.2. The Labute approximate surface area is 190 Å². The zero-order chi connectivity index (χ0) is 22.1. The van der Waals surface area contributed by atoms with Crippen LogP contribution in [0.3, 0.4) is 0 Å². The number of anilines is 1. The molecule has 168 valence electrons. The normalized spacial score (nSPS) is 17.2. The Morgan fingerprint density at radius 1 is 1.09 bits per heavy atom. The zero-order valence-electron chi connectivity index (χ0n) is 19.2. The summed E-state index contributed by atoms with van der Waals surface area (Å²) in [6, 6.07) is 9.33. The molecular formula is C26H33N5O. The van der Waals surface area contributed by atoms with Crippen molar-refractivity contribution in [2.24, 2.45) is 0 Å². The van der Waals surface area contributed by atoms with Crippen LogP contribution in [0.25, 0.3) is 10.9 Å². The van der Waals surface area contributed by atoms with Gasteiger partial charge in [0, 0.05) is 47.4 Å². The molecule has 1 aliphatic heterocycles. The fraction of sp³-hybridized carbons (Fsp3) is 0.500. The van der Waals surface area contributed by atoms with E-state index < -0.39 is 0 Å².